The molecule has 0 saturated heterocycles. The lowest BCUT2D eigenvalue weighted by Crippen LogP contribution is -2.13. The Balaban J connectivity index is 2.30. The summed E-state index contributed by atoms with van der Waals surface area (Å²) in [4.78, 5) is 0. The van der Waals surface area contributed by atoms with Crippen LogP contribution in [0.3, 0.4) is 0 Å². The van der Waals surface area contributed by atoms with Crippen LogP contribution < -0.4 is 5.32 Å². The minimum absolute atomic E-state index is 0.0762. The molecule has 2 aromatic rings. The van der Waals surface area contributed by atoms with Gasteiger partial charge in [0.2, 0.25) is 0 Å². The van der Waals surface area contributed by atoms with E-state index in [-0.39, 0.29) is 11.7 Å². The van der Waals surface area contributed by atoms with Crippen LogP contribution in [0, 0.1) is 0 Å². The number of alkyl halides is 3. The van der Waals surface area contributed by atoms with Crippen LogP contribution >= 0.6 is 31.9 Å². The van der Waals surface area contributed by atoms with Crippen molar-refractivity contribution in [1.82, 2.24) is 0 Å². The number of halogens is 5. The molecule has 1 unspecified atom stereocenters. The van der Waals surface area contributed by atoms with Crippen LogP contribution in [-0.2, 0) is 6.18 Å². The van der Waals surface area contributed by atoms with E-state index in [1.165, 1.54) is 12.1 Å². The molecule has 0 aromatic heterocycles. The molecule has 0 fully saturated rings. The third-order valence-corrected chi connectivity index (χ3v) is 4.21. The zero-order chi connectivity index (χ0) is 15.6. The van der Waals surface area contributed by atoms with Gasteiger partial charge < -0.3 is 5.32 Å². The second-order valence-corrected chi connectivity index (χ2v) is 6.35. The molecule has 1 nitrogen and oxygen atoms in total. The maximum absolute atomic E-state index is 13.0. The minimum Gasteiger partial charge on any atom is -0.378 e. The molecule has 0 saturated carbocycles. The third kappa shape index (κ3) is 4.01. The molecule has 1 atom stereocenters. The van der Waals surface area contributed by atoms with Crippen molar-refractivity contribution in [2.45, 2.75) is 19.1 Å². The molecular weight excluding hydrogens is 411 g/mol. The van der Waals surface area contributed by atoms with Gasteiger partial charge in [-0.05, 0) is 36.8 Å². The van der Waals surface area contributed by atoms with Crippen LogP contribution in [0.4, 0.5) is 18.9 Å². The molecule has 0 radical (unpaired) electrons. The van der Waals surface area contributed by atoms with Gasteiger partial charge in [0, 0.05) is 20.7 Å². The maximum atomic E-state index is 13.0. The fourth-order valence-corrected chi connectivity index (χ4v) is 3.41. The zero-order valence-electron chi connectivity index (χ0n) is 11.0. The first-order valence-electron chi connectivity index (χ1n) is 6.16. The highest BCUT2D eigenvalue weighted by Gasteiger charge is 2.33. The van der Waals surface area contributed by atoms with Gasteiger partial charge in [-0.3, -0.25) is 0 Å². The largest absolute Gasteiger partial charge is 0.418 e. The van der Waals surface area contributed by atoms with E-state index < -0.39 is 11.7 Å². The number of hydrogen-bond donors (Lipinski definition) is 1. The fourth-order valence-electron chi connectivity index (χ4n) is 2.02. The lowest BCUT2D eigenvalue weighted by Gasteiger charge is -2.20. The summed E-state index contributed by atoms with van der Waals surface area (Å²) in [7, 11) is 0. The highest BCUT2D eigenvalue weighted by molar-refractivity contribution is 9.11. The van der Waals surface area contributed by atoms with Gasteiger partial charge >= 0.3 is 6.18 Å². The number of benzene rings is 2. The van der Waals surface area contributed by atoms with E-state index >= 15 is 0 Å². The quantitative estimate of drug-likeness (QED) is 0.603. The van der Waals surface area contributed by atoms with E-state index in [1.807, 2.05) is 25.1 Å². The predicted molar refractivity (Wildman–Crippen MR) is 85.3 cm³/mol. The molecule has 112 valence electrons. The van der Waals surface area contributed by atoms with E-state index in [0.29, 0.717) is 0 Å². The minimum atomic E-state index is -4.37. The van der Waals surface area contributed by atoms with Gasteiger partial charge in [0.25, 0.3) is 0 Å². The van der Waals surface area contributed by atoms with E-state index in [4.69, 9.17) is 0 Å². The highest BCUT2D eigenvalue weighted by Crippen LogP contribution is 2.37. The highest BCUT2D eigenvalue weighted by atomic mass is 79.9. The van der Waals surface area contributed by atoms with Gasteiger partial charge in [-0.1, -0.05) is 50.1 Å². The second-order valence-electron chi connectivity index (χ2n) is 4.58. The first-order valence-corrected chi connectivity index (χ1v) is 7.75. The lowest BCUT2D eigenvalue weighted by molar-refractivity contribution is -0.137. The first kappa shape index (κ1) is 16.4. The Morgan fingerprint density at radius 2 is 1.71 bits per heavy atom. The van der Waals surface area contributed by atoms with Crippen LogP contribution in [0.5, 0.6) is 0 Å². The standard InChI is InChI=1S/C15H12Br2F3N/c1-9(11-7-6-10(16)8-13(11)17)21-14-5-3-2-4-12(14)15(18,19)20/h2-9,21H,1H3. The van der Waals surface area contributed by atoms with Crippen molar-refractivity contribution in [1.29, 1.82) is 0 Å². The molecule has 6 heteroatoms. The summed E-state index contributed by atoms with van der Waals surface area (Å²) in [5.74, 6) is 0. The van der Waals surface area contributed by atoms with Gasteiger partial charge in [0.1, 0.15) is 0 Å². The molecule has 0 bridgehead atoms. The predicted octanol–water partition coefficient (Wildman–Crippen LogP) is 6.40. The van der Waals surface area contributed by atoms with Crippen LogP contribution in [0.15, 0.2) is 51.4 Å². The normalized spacial score (nSPS) is 13.0. The number of anilines is 1. The SMILES string of the molecule is CC(Nc1ccccc1C(F)(F)F)c1ccc(Br)cc1Br. The van der Waals surface area contributed by atoms with Crippen molar-refractivity contribution in [2.24, 2.45) is 0 Å². The van der Waals surface area contributed by atoms with Crippen molar-refractivity contribution in [3.8, 4) is 0 Å². The summed E-state index contributed by atoms with van der Waals surface area (Å²) in [6, 6.07) is 10.8. The monoisotopic (exact) mass is 421 g/mol. The Labute approximate surface area is 137 Å². The summed E-state index contributed by atoms with van der Waals surface area (Å²) < 4.78 is 40.7. The molecule has 0 aliphatic carbocycles. The van der Waals surface area contributed by atoms with E-state index in [1.54, 1.807) is 6.07 Å². The Morgan fingerprint density at radius 3 is 2.33 bits per heavy atom. The number of para-hydroxylation sites is 1. The average molecular weight is 423 g/mol. The maximum Gasteiger partial charge on any atom is 0.418 e. The van der Waals surface area contributed by atoms with Crippen molar-refractivity contribution >= 4 is 37.5 Å². The Morgan fingerprint density at radius 1 is 1.05 bits per heavy atom. The number of rotatable bonds is 3. The summed E-state index contributed by atoms with van der Waals surface area (Å²) in [5, 5.41) is 2.93. The molecule has 0 spiro atoms. The van der Waals surface area contributed by atoms with Crippen molar-refractivity contribution in [2.75, 3.05) is 5.32 Å². The fraction of sp³-hybridized carbons (Fsp3) is 0.200. The van der Waals surface area contributed by atoms with E-state index in [2.05, 4.69) is 37.2 Å². The van der Waals surface area contributed by atoms with Gasteiger partial charge in [-0.15, -0.1) is 0 Å². The van der Waals surface area contributed by atoms with E-state index in [0.717, 1.165) is 20.6 Å². The average Bonchev–Trinajstić information content (AvgIpc) is 2.37. The molecule has 21 heavy (non-hydrogen) atoms. The number of hydrogen-bond acceptors (Lipinski definition) is 1. The number of nitrogens with one attached hydrogen (secondary N) is 1. The van der Waals surface area contributed by atoms with Gasteiger partial charge in [-0.25, -0.2) is 0 Å². The van der Waals surface area contributed by atoms with Gasteiger partial charge in [0.05, 0.1) is 5.56 Å². The molecular formula is C15H12Br2F3N. The Kier molecular flexibility index (Phi) is 4.99. The van der Waals surface area contributed by atoms with Gasteiger partial charge in [-0.2, -0.15) is 13.2 Å². The van der Waals surface area contributed by atoms with Crippen LogP contribution in [0.1, 0.15) is 24.1 Å². The molecule has 1 N–H and O–H groups in total. The third-order valence-electron chi connectivity index (χ3n) is 3.03. The Bertz CT molecular complexity index is 641. The Hall–Kier alpha value is -1.01. The molecule has 0 amide bonds. The first-order chi connectivity index (χ1) is 9.79. The lowest BCUT2D eigenvalue weighted by atomic mass is 10.1. The van der Waals surface area contributed by atoms with E-state index in [9.17, 15) is 13.2 Å². The summed E-state index contributed by atoms with van der Waals surface area (Å²) in [6.07, 6.45) is -4.37. The molecule has 2 rings (SSSR count). The van der Waals surface area contributed by atoms with Crippen LogP contribution in [0.25, 0.3) is 0 Å². The molecule has 0 aliphatic heterocycles. The summed E-state index contributed by atoms with van der Waals surface area (Å²) in [6.45, 7) is 1.82. The summed E-state index contributed by atoms with van der Waals surface area (Å²) >= 11 is 6.78. The zero-order valence-corrected chi connectivity index (χ0v) is 14.2. The van der Waals surface area contributed by atoms with Crippen molar-refractivity contribution in [3.05, 3.63) is 62.5 Å². The molecule has 0 heterocycles. The van der Waals surface area contributed by atoms with Gasteiger partial charge in [0.15, 0.2) is 0 Å². The molecule has 0 aliphatic rings. The van der Waals surface area contributed by atoms with Crippen molar-refractivity contribution in [3.63, 3.8) is 0 Å². The van der Waals surface area contributed by atoms with Crippen LogP contribution in [-0.4, -0.2) is 0 Å². The topological polar surface area (TPSA) is 12.0 Å². The molecule has 2 aromatic carbocycles. The summed E-state index contributed by atoms with van der Waals surface area (Å²) in [5.41, 5.74) is 0.299. The van der Waals surface area contributed by atoms with Crippen LogP contribution in [0.2, 0.25) is 0 Å². The second kappa shape index (κ2) is 6.40. The smallest absolute Gasteiger partial charge is 0.378 e. The van der Waals surface area contributed by atoms with Crippen molar-refractivity contribution < 1.29 is 13.2 Å².